The molecule has 1 amide bonds. The molecule has 0 bridgehead atoms. The van der Waals surface area contributed by atoms with Crippen LogP contribution in [0.3, 0.4) is 0 Å². The first-order valence-electron chi connectivity index (χ1n) is 29.6. The Morgan fingerprint density at radius 3 is 1.34 bits per heavy atom. The van der Waals surface area contributed by atoms with Gasteiger partial charge in [0.05, 0.1) is 33.8 Å². The summed E-state index contributed by atoms with van der Waals surface area (Å²) in [5, 5.41) is 3.02. The average molecular weight is 1040 g/mol. The van der Waals surface area contributed by atoms with Gasteiger partial charge in [0.25, 0.3) is 0 Å². The number of carbonyl (C=O) groups is 2. The maximum Gasteiger partial charge on any atom is 0.472 e. The Kier molecular flexibility index (Phi) is 50.2. The number of quaternary nitrogens is 1. The molecule has 10 heteroatoms. The molecule has 3 atom stereocenters. The number of phosphoric ester groups is 1. The quantitative estimate of drug-likeness (QED) is 0.0205. The van der Waals surface area contributed by atoms with Crippen LogP contribution in [0.4, 0.5) is 0 Å². The average Bonchev–Trinajstić information content (AvgIpc) is 3.35. The molecule has 0 spiro atoms. The first-order chi connectivity index (χ1) is 35.4. The Morgan fingerprint density at radius 1 is 0.493 bits per heavy atom. The van der Waals surface area contributed by atoms with Gasteiger partial charge in [0, 0.05) is 12.8 Å². The predicted molar refractivity (Wildman–Crippen MR) is 314 cm³/mol. The molecule has 0 radical (unpaired) electrons. The number of unbranched alkanes of at least 4 members (excludes halogenated alkanes) is 22. The van der Waals surface area contributed by atoms with Gasteiger partial charge in [-0.2, -0.15) is 0 Å². The number of likely N-dealkylation sites (N-methyl/N-ethyl adjacent to an activating group) is 1. The highest BCUT2D eigenvalue weighted by Gasteiger charge is 2.30. The number of rotatable bonds is 52. The summed E-state index contributed by atoms with van der Waals surface area (Å²) < 4.78 is 30.6. The van der Waals surface area contributed by atoms with Crippen LogP contribution in [0.25, 0.3) is 0 Å². The molecule has 0 aliphatic rings. The molecule has 420 valence electrons. The lowest BCUT2D eigenvalue weighted by atomic mass is 10.1. The fourth-order valence-corrected chi connectivity index (χ4v) is 8.67. The molecule has 3 unspecified atom stereocenters. The molecule has 0 saturated heterocycles. The van der Waals surface area contributed by atoms with Crippen LogP contribution in [-0.2, 0) is 27.9 Å². The molecule has 2 N–H and O–H groups in total. The number of hydrogen-bond acceptors (Lipinski definition) is 6. The number of ether oxygens (including phenoxy) is 1. The lowest BCUT2D eigenvalue weighted by Gasteiger charge is -2.27. The van der Waals surface area contributed by atoms with Gasteiger partial charge < -0.3 is 19.4 Å². The van der Waals surface area contributed by atoms with Gasteiger partial charge in [-0.1, -0.05) is 215 Å². The first-order valence-corrected chi connectivity index (χ1v) is 31.1. The molecule has 0 saturated carbocycles. The van der Waals surface area contributed by atoms with Gasteiger partial charge >= 0.3 is 13.8 Å². The van der Waals surface area contributed by atoms with Crippen molar-refractivity contribution < 1.29 is 37.3 Å². The van der Waals surface area contributed by atoms with Gasteiger partial charge in [-0.25, -0.2) is 4.57 Å². The third-order valence-electron chi connectivity index (χ3n) is 12.5. The van der Waals surface area contributed by atoms with E-state index >= 15 is 0 Å². The van der Waals surface area contributed by atoms with Crippen LogP contribution in [0.5, 0.6) is 0 Å². The van der Waals surface area contributed by atoms with Crippen molar-refractivity contribution in [2.45, 2.75) is 251 Å². The van der Waals surface area contributed by atoms with Crippen molar-refractivity contribution >= 4 is 19.7 Å². The van der Waals surface area contributed by atoms with Crippen LogP contribution < -0.4 is 5.32 Å². The molecular weight excluding hydrogens is 928 g/mol. The summed E-state index contributed by atoms with van der Waals surface area (Å²) in [5.74, 6) is -0.579. The minimum Gasteiger partial charge on any atom is -0.456 e. The second-order valence-corrected chi connectivity index (χ2v) is 22.2. The van der Waals surface area contributed by atoms with Crippen molar-refractivity contribution in [2.75, 3.05) is 40.9 Å². The summed E-state index contributed by atoms with van der Waals surface area (Å²) >= 11 is 0. The molecule has 0 aliphatic heterocycles. The summed E-state index contributed by atoms with van der Waals surface area (Å²) in [6, 6.07) is -0.882. The van der Waals surface area contributed by atoms with Gasteiger partial charge in [0.1, 0.15) is 19.3 Å². The Balaban J connectivity index is 5.41. The number of esters is 1. The SMILES string of the molecule is CC/C=C\C/C=C\C/C=C\C/C=C\C/C=C\C/C=C\CCCCC(=O)NC(COP(=O)(O)OCC[N+](C)(C)C)C(/C=C\CCCCCCCCCCCC)OC(=O)CCCCC/C=C\CCCCCCCCC. The van der Waals surface area contributed by atoms with Crippen molar-refractivity contribution in [3.63, 3.8) is 0 Å². The number of nitrogens with one attached hydrogen (secondary N) is 1. The van der Waals surface area contributed by atoms with E-state index in [2.05, 4.69) is 111 Å². The number of amides is 1. The predicted octanol–water partition coefficient (Wildman–Crippen LogP) is 18.0. The molecule has 0 aliphatic carbocycles. The van der Waals surface area contributed by atoms with Crippen LogP contribution >= 0.6 is 7.82 Å². The molecule has 0 aromatic heterocycles. The van der Waals surface area contributed by atoms with E-state index in [4.69, 9.17) is 13.8 Å². The minimum absolute atomic E-state index is 0.0250. The second-order valence-electron chi connectivity index (χ2n) is 20.8. The molecule has 0 rings (SSSR count). The van der Waals surface area contributed by atoms with Crippen molar-refractivity contribution in [1.29, 1.82) is 0 Å². The van der Waals surface area contributed by atoms with Crippen LogP contribution in [0.1, 0.15) is 239 Å². The van der Waals surface area contributed by atoms with Gasteiger partial charge in [-0.15, -0.1) is 0 Å². The van der Waals surface area contributed by atoms with Crippen LogP contribution in [0.15, 0.2) is 97.2 Å². The molecule has 0 fully saturated rings. The zero-order valence-electron chi connectivity index (χ0n) is 47.8. The number of nitrogens with zero attached hydrogens (tertiary/aromatic N) is 1. The molecule has 9 nitrogen and oxygen atoms in total. The highest BCUT2D eigenvalue weighted by molar-refractivity contribution is 7.47. The minimum atomic E-state index is -4.47. The Labute approximate surface area is 449 Å². The highest BCUT2D eigenvalue weighted by Crippen LogP contribution is 2.43. The lowest BCUT2D eigenvalue weighted by molar-refractivity contribution is -0.870. The fourth-order valence-electron chi connectivity index (χ4n) is 7.94. The fraction of sp³-hybridized carbons (Fsp3) is 0.714. The zero-order chi connectivity index (χ0) is 53.6. The molecule has 0 aromatic carbocycles. The van der Waals surface area contributed by atoms with E-state index in [1.165, 1.54) is 96.3 Å². The third kappa shape index (κ3) is 53.6. The normalized spacial score (nSPS) is 14.5. The summed E-state index contributed by atoms with van der Waals surface area (Å²) in [6.45, 7) is 6.83. The number of phosphoric acid groups is 1. The molecule has 0 heterocycles. The maximum atomic E-state index is 13.5. The number of hydrogen-bond donors (Lipinski definition) is 2. The van der Waals surface area contributed by atoms with Crippen molar-refractivity contribution in [3.8, 4) is 0 Å². The van der Waals surface area contributed by atoms with Gasteiger partial charge in [0.15, 0.2) is 0 Å². The standard InChI is InChI=1S/C63H111N2O7P/c1-7-10-13-16-19-22-25-28-30-31-32-33-34-35-36-37-40-43-46-49-52-55-62(66)64-60(59-71-73(68,69)70-58-57-65(4,5)6)61(54-51-48-45-42-39-27-24-21-18-15-12-9-3)72-63(67)56-53-50-47-44-41-38-29-26-23-20-17-14-11-8-2/h10,13,19,22,28,30,32-33,35-36,38,40-41,43,51,54,60-61H,7-9,11-12,14-18,20-21,23-27,29,31,34,37,39,42,44-50,52-53,55-59H2,1-6H3,(H-,64,66,68,69)/p+1/b13-10-,22-19-,30-28-,33-32-,36-35-,41-38-,43-40-,54-51-. The molecule has 73 heavy (non-hydrogen) atoms. The van der Waals surface area contributed by atoms with Crippen molar-refractivity contribution in [2.24, 2.45) is 0 Å². The monoisotopic (exact) mass is 1040 g/mol. The van der Waals surface area contributed by atoms with E-state index in [0.717, 1.165) is 96.3 Å². The van der Waals surface area contributed by atoms with Gasteiger partial charge in [-0.05, 0) is 109 Å². The molecule has 0 aromatic rings. The van der Waals surface area contributed by atoms with E-state index in [-0.39, 0.29) is 37.9 Å². The zero-order valence-corrected chi connectivity index (χ0v) is 48.7. The van der Waals surface area contributed by atoms with E-state index in [1.807, 2.05) is 33.3 Å². The van der Waals surface area contributed by atoms with E-state index in [0.29, 0.717) is 23.9 Å². The smallest absolute Gasteiger partial charge is 0.456 e. The topological polar surface area (TPSA) is 111 Å². The number of allylic oxidation sites excluding steroid dienone is 15. The third-order valence-corrected chi connectivity index (χ3v) is 13.5. The summed E-state index contributed by atoms with van der Waals surface area (Å²) in [5.41, 5.74) is 0. The van der Waals surface area contributed by atoms with Crippen LogP contribution in [0, 0.1) is 0 Å². The first kappa shape index (κ1) is 69.9. The summed E-state index contributed by atoms with van der Waals surface area (Å²) in [6.07, 6.45) is 69.8. The van der Waals surface area contributed by atoms with E-state index < -0.39 is 20.0 Å². The van der Waals surface area contributed by atoms with Crippen LogP contribution in [-0.4, -0.2) is 74.3 Å². The maximum absolute atomic E-state index is 13.5. The highest BCUT2D eigenvalue weighted by atomic mass is 31.2. The van der Waals surface area contributed by atoms with Crippen molar-refractivity contribution in [1.82, 2.24) is 5.32 Å². The van der Waals surface area contributed by atoms with E-state index in [9.17, 15) is 19.0 Å². The lowest BCUT2D eigenvalue weighted by Crippen LogP contribution is -2.47. The van der Waals surface area contributed by atoms with Crippen LogP contribution in [0.2, 0.25) is 0 Å². The Bertz CT molecular complexity index is 1570. The second kappa shape index (κ2) is 52.4. The van der Waals surface area contributed by atoms with Crippen molar-refractivity contribution in [3.05, 3.63) is 97.2 Å². The Hall–Kier alpha value is -3.07. The van der Waals surface area contributed by atoms with E-state index in [1.54, 1.807) is 0 Å². The Morgan fingerprint density at radius 2 is 0.877 bits per heavy atom. The molecular formula is C63H112N2O7P+. The van der Waals surface area contributed by atoms with Gasteiger partial charge in [0.2, 0.25) is 5.91 Å². The summed E-state index contributed by atoms with van der Waals surface area (Å²) in [7, 11) is 1.45. The summed E-state index contributed by atoms with van der Waals surface area (Å²) in [4.78, 5) is 37.6. The largest absolute Gasteiger partial charge is 0.472 e. The van der Waals surface area contributed by atoms with Gasteiger partial charge in [-0.3, -0.25) is 18.6 Å². The number of carbonyl (C=O) groups excluding carboxylic acids is 2.